The Morgan fingerprint density at radius 2 is 0.696 bits per heavy atom. The van der Waals surface area contributed by atoms with E-state index in [0.717, 1.165) is 0 Å². The summed E-state index contributed by atoms with van der Waals surface area (Å²) in [5.41, 5.74) is 0.590. The molecule has 0 saturated heterocycles. The molecule has 0 aliphatic rings. The zero-order chi connectivity index (χ0) is 17.2. The molecule has 0 amide bonds. The first-order valence-corrected chi connectivity index (χ1v) is 11.1. The van der Waals surface area contributed by atoms with E-state index in [9.17, 15) is 0 Å². The summed E-state index contributed by atoms with van der Waals surface area (Å²) in [6.45, 7) is 9.53. The molecule has 0 rings (SSSR count). The van der Waals surface area contributed by atoms with Gasteiger partial charge in [-0.3, -0.25) is 0 Å². The van der Waals surface area contributed by atoms with E-state index >= 15 is 0 Å². The standard InChI is InChI=1S/C23H48/c1-5-7-9-10-11-12-13-14-15-16-17-18-19-20-22-23(3,4)21-8-6-2/h5-22H2,1-4H3. The summed E-state index contributed by atoms with van der Waals surface area (Å²) in [7, 11) is 0. The smallest absolute Gasteiger partial charge is 0.0354 e. The molecular weight excluding hydrogens is 276 g/mol. The lowest BCUT2D eigenvalue weighted by Gasteiger charge is -2.24. The Morgan fingerprint density at radius 3 is 1.09 bits per heavy atom. The monoisotopic (exact) mass is 324 g/mol. The lowest BCUT2D eigenvalue weighted by molar-refractivity contribution is 0.285. The van der Waals surface area contributed by atoms with Gasteiger partial charge in [0.2, 0.25) is 0 Å². The van der Waals surface area contributed by atoms with Gasteiger partial charge in [0.25, 0.3) is 0 Å². The maximum Gasteiger partial charge on any atom is -0.0354 e. The van der Waals surface area contributed by atoms with Crippen LogP contribution in [0.15, 0.2) is 0 Å². The lowest BCUT2D eigenvalue weighted by Crippen LogP contribution is -2.10. The zero-order valence-electron chi connectivity index (χ0n) is 17.2. The van der Waals surface area contributed by atoms with Crippen LogP contribution < -0.4 is 0 Å². The first-order chi connectivity index (χ1) is 11.1. The van der Waals surface area contributed by atoms with Crippen LogP contribution in [0.5, 0.6) is 0 Å². The van der Waals surface area contributed by atoms with E-state index in [1.807, 2.05) is 0 Å². The third-order valence-electron chi connectivity index (χ3n) is 5.41. The molecule has 0 aliphatic carbocycles. The SMILES string of the molecule is CCCCCCCCCCCCCCCCC(C)(C)CCCC. The third-order valence-corrected chi connectivity index (χ3v) is 5.41. The van der Waals surface area contributed by atoms with Crippen molar-refractivity contribution in [3.63, 3.8) is 0 Å². The maximum absolute atomic E-state index is 2.46. The van der Waals surface area contributed by atoms with Crippen LogP contribution >= 0.6 is 0 Å². The first-order valence-electron chi connectivity index (χ1n) is 11.1. The Bertz CT molecular complexity index is 216. The second-order valence-corrected chi connectivity index (χ2v) is 8.61. The molecule has 0 aliphatic heterocycles. The topological polar surface area (TPSA) is 0 Å². The van der Waals surface area contributed by atoms with E-state index in [0.29, 0.717) is 5.41 Å². The van der Waals surface area contributed by atoms with Gasteiger partial charge < -0.3 is 0 Å². The molecule has 0 atom stereocenters. The van der Waals surface area contributed by atoms with E-state index in [1.165, 1.54) is 116 Å². The molecule has 0 aromatic heterocycles. The van der Waals surface area contributed by atoms with Gasteiger partial charge in [0.05, 0.1) is 0 Å². The van der Waals surface area contributed by atoms with Crippen molar-refractivity contribution in [2.75, 3.05) is 0 Å². The van der Waals surface area contributed by atoms with E-state index in [1.54, 1.807) is 0 Å². The first kappa shape index (κ1) is 23.0. The van der Waals surface area contributed by atoms with Crippen LogP contribution in [-0.2, 0) is 0 Å². The van der Waals surface area contributed by atoms with E-state index in [2.05, 4.69) is 27.7 Å². The maximum atomic E-state index is 2.46. The highest BCUT2D eigenvalue weighted by Gasteiger charge is 2.15. The Labute approximate surface area is 149 Å². The molecule has 0 bridgehead atoms. The molecule has 0 N–H and O–H groups in total. The molecule has 0 saturated carbocycles. The van der Waals surface area contributed by atoms with Gasteiger partial charge in [-0.05, 0) is 18.3 Å². The van der Waals surface area contributed by atoms with Gasteiger partial charge in [-0.2, -0.15) is 0 Å². The summed E-state index contributed by atoms with van der Waals surface area (Å²) in [5, 5.41) is 0. The van der Waals surface area contributed by atoms with Crippen LogP contribution in [-0.4, -0.2) is 0 Å². The minimum atomic E-state index is 0.590. The van der Waals surface area contributed by atoms with E-state index < -0.39 is 0 Å². The highest BCUT2D eigenvalue weighted by Crippen LogP contribution is 2.30. The van der Waals surface area contributed by atoms with Gasteiger partial charge in [0.15, 0.2) is 0 Å². The largest absolute Gasteiger partial charge is 0.0654 e. The minimum Gasteiger partial charge on any atom is -0.0654 e. The normalized spacial score (nSPS) is 12.0. The molecule has 0 fully saturated rings. The minimum absolute atomic E-state index is 0.590. The van der Waals surface area contributed by atoms with Crippen molar-refractivity contribution >= 4 is 0 Å². The fraction of sp³-hybridized carbons (Fsp3) is 1.00. The number of hydrogen-bond acceptors (Lipinski definition) is 0. The molecule has 0 heterocycles. The third kappa shape index (κ3) is 18.2. The Balaban J connectivity index is 3.16. The second-order valence-electron chi connectivity index (χ2n) is 8.61. The molecule has 140 valence electrons. The van der Waals surface area contributed by atoms with Crippen molar-refractivity contribution in [2.45, 2.75) is 143 Å². The summed E-state index contributed by atoms with van der Waals surface area (Å²) >= 11 is 0. The van der Waals surface area contributed by atoms with E-state index in [-0.39, 0.29) is 0 Å². The molecule has 0 unspecified atom stereocenters. The average Bonchev–Trinajstić information content (AvgIpc) is 2.53. The lowest BCUT2D eigenvalue weighted by atomic mass is 9.82. The van der Waals surface area contributed by atoms with Crippen molar-refractivity contribution in [1.29, 1.82) is 0 Å². The Morgan fingerprint density at radius 1 is 0.391 bits per heavy atom. The van der Waals surface area contributed by atoms with E-state index in [4.69, 9.17) is 0 Å². The predicted molar refractivity (Wildman–Crippen MR) is 108 cm³/mol. The van der Waals surface area contributed by atoms with Crippen LogP contribution in [0.4, 0.5) is 0 Å². The van der Waals surface area contributed by atoms with Crippen LogP contribution in [0.25, 0.3) is 0 Å². The average molecular weight is 325 g/mol. The molecule has 0 nitrogen and oxygen atoms in total. The summed E-state index contributed by atoms with van der Waals surface area (Å²) in [4.78, 5) is 0. The second kappa shape index (κ2) is 16.8. The molecule has 0 heteroatoms. The van der Waals surface area contributed by atoms with Crippen LogP contribution in [0, 0.1) is 5.41 Å². The molecule has 23 heavy (non-hydrogen) atoms. The highest BCUT2D eigenvalue weighted by molar-refractivity contribution is 4.68. The van der Waals surface area contributed by atoms with Crippen molar-refractivity contribution in [3.8, 4) is 0 Å². The van der Waals surface area contributed by atoms with Gasteiger partial charge in [-0.1, -0.05) is 130 Å². The predicted octanol–water partition coefficient (Wildman–Crippen LogP) is 9.07. The Hall–Kier alpha value is 0. The van der Waals surface area contributed by atoms with Crippen LogP contribution in [0.1, 0.15) is 143 Å². The van der Waals surface area contributed by atoms with Gasteiger partial charge in [0.1, 0.15) is 0 Å². The molecular formula is C23H48. The zero-order valence-corrected chi connectivity index (χ0v) is 17.2. The number of rotatable bonds is 18. The van der Waals surface area contributed by atoms with Gasteiger partial charge in [-0.15, -0.1) is 0 Å². The Kier molecular flexibility index (Phi) is 16.8. The molecule has 0 spiro atoms. The summed E-state index contributed by atoms with van der Waals surface area (Å²) < 4.78 is 0. The van der Waals surface area contributed by atoms with Gasteiger partial charge in [0, 0.05) is 0 Å². The van der Waals surface area contributed by atoms with Crippen LogP contribution in [0.3, 0.4) is 0 Å². The van der Waals surface area contributed by atoms with Crippen molar-refractivity contribution in [2.24, 2.45) is 5.41 Å². The quantitative estimate of drug-likeness (QED) is 0.220. The van der Waals surface area contributed by atoms with Gasteiger partial charge in [-0.25, -0.2) is 0 Å². The fourth-order valence-electron chi connectivity index (χ4n) is 3.58. The van der Waals surface area contributed by atoms with Crippen LogP contribution in [0.2, 0.25) is 0 Å². The summed E-state index contributed by atoms with van der Waals surface area (Å²) in [5.74, 6) is 0. The fourth-order valence-corrected chi connectivity index (χ4v) is 3.58. The number of hydrogen-bond donors (Lipinski definition) is 0. The van der Waals surface area contributed by atoms with Crippen molar-refractivity contribution in [1.82, 2.24) is 0 Å². The van der Waals surface area contributed by atoms with Gasteiger partial charge >= 0.3 is 0 Å². The van der Waals surface area contributed by atoms with Crippen molar-refractivity contribution < 1.29 is 0 Å². The summed E-state index contributed by atoms with van der Waals surface area (Å²) in [6.07, 6.45) is 26.1. The molecule has 0 radical (unpaired) electrons. The highest BCUT2D eigenvalue weighted by atomic mass is 14.2. The summed E-state index contributed by atoms with van der Waals surface area (Å²) in [6, 6.07) is 0. The molecule has 0 aromatic carbocycles. The molecule has 0 aromatic rings. The van der Waals surface area contributed by atoms with Crippen molar-refractivity contribution in [3.05, 3.63) is 0 Å². The number of unbranched alkanes of at least 4 members (excludes halogenated alkanes) is 14.